The smallest absolute Gasteiger partial charge is 0.258 e. The molecule has 0 aliphatic heterocycles. The number of aliphatic carboxylic acids is 1. The van der Waals surface area contributed by atoms with Gasteiger partial charge >= 0.3 is 0 Å². The molecule has 5 nitrogen and oxygen atoms in total. The van der Waals surface area contributed by atoms with Gasteiger partial charge in [-0.05, 0) is 55.5 Å². The van der Waals surface area contributed by atoms with Crippen molar-refractivity contribution in [2.75, 3.05) is 18.6 Å². The predicted octanol–water partition coefficient (Wildman–Crippen LogP) is 1.32. The highest BCUT2D eigenvalue weighted by atomic mass is 35.5. The fraction of sp³-hybridized carbons (Fsp3) is 0.467. The van der Waals surface area contributed by atoms with Crippen molar-refractivity contribution in [2.24, 2.45) is 0 Å². The number of thioether (sulfide) groups is 1. The van der Waals surface area contributed by atoms with E-state index in [2.05, 4.69) is 5.32 Å². The van der Waals surface area contributed by atoms with Crippen LogP contribution in [0.1, 0.15) is 17.5 Å². The highest BCUT2D eigenvalue weighted by molar-refractivity contribution is 7.98. The van der Waals surface area contributed by atoms with Gasteiger partial charge in [0, 0.05) is 5.02 Å². The lowest BCUT2D eigenvalue weighted by Gasteiger charge is -2.19. The number of rotatable bonds is 8. The number of benzene rings is 1. The second-order valence-electron chi connectivity index (χ2n) is 4.88. The average Bonchev–Trinajstić information content (AvgIpc) is 2.46. The minimum absolute atomic E-state index is 0.260. The Kier molecular flexibility index (Phi) is 7.55. The molecular formula is C15H19ClNO4S-. The average molecular weight is 345 g/mol. The SMILES string of the molecule is CSCC[C@H](NC(=O)COc1cc(C)c(Cl)c(C)c1)C(=O)[O-]. The number of carbonyl (C=O) groups excluding carboxylic acids is 2. The van der Waals surface area contributed by atoms with E-state index in [9.17, 15) is 14.7 Å². The second kappa shape index (κ2) is 8.90. The molecule has 0 radical (unpaired) electrons. The lowest BCUT2D eigenvalue weighted by atomic mass is 10.1. The van der Waals surface area contributed by atoms with Crippen LogP contribution in [-0.2, 0) is 9.59 Å². The Hall–Kier alpha value is -1.40. The predicted molar refractivity (Wildman–Crippen MR) is 86.4 cm³/mol. The highest BCUT2D eigenvalue weighted by Crippen LogP contribution is 2.25. The van der Waals surface area contributed by atoms with Crippen LogP contribution >= 0.6 is 23.4 Å². The quantitative estimate of drug-likeness (QED) is 0.769. The van der Waals surface area contributed by atoms with Gasteiger partial charge < -0.3 is 20.0 Å². The lowest BCUT2D eigenvalue weighted by molar-refractivity contribution is -0.308. The van der Waals surface area contributed by atoms with Crippen LogP contribution in [0.5, 0.6) is 5.75 Å². The number of ether oxygens (including phenoxy) is 1. The van der Waals surface area contributed by atoms with Crippen molar-refractivity contribution < 1.29 is 19.4 Å². The van der Waals surface area contributed by atoms with Gasteiger partial charge in [0.25, 0.3) is 5.91 Å². The first-order chi connectivity index (χ1) is 10.3. The van der Waals surface area contributed by atoms with E-state index in [0.29, 0.717) is 22.9 Å². The van der Waals surface area contributed by atoms with Crippen LogP contribution in [0.2, 0.25) is 5.02 Å². The van der Waals surface area contributed by atoms with Crippen LogP contribution in [0, 0.1) is 13.8 Å². The van der Waals surface area contributed by atoms with E-state index in [4.69, 9.17) is 16.3 Å². The third-order valence-electron chi connectivity index (χ3n) is 3.01. The van der Waals surface area contributed by atoms with Gasteiger partial charge in [0.05, 0.1) is 12.0 Å². The molecule has 1 rings (SSSR count). The Morgan fingerprint density at radius 1 is 1.36 bits per heavy atom. The van der Waals surface area contributed by atoms with E-state index in [-0.39, 0.29) is 6.61 Å². The van der Waals surface area contributed by atoms with E-state index in [1.54, 1.807) is 12.1 Å². The lowest BCUT2D eigenvalue weighted by Crippen LogP contribution is -2.49. The van der Waals surface area contributed by atoms with Crippen molar-refractivity contribution in [3.63, 3.8) is 0 Å². The van der Waals surface area contributed by atoms with Crippen LogP contribution in [0.4, 0.5) is 0 Å². The molecule has 0 unspecified atom stereocenters. The molecule has 0 fully saturated rings. The summed E-state index contributed by atoms with van der Waals surface area (Å²) >= 11 is 7.56. The summed E-state index contributed by atoms with van der Waals surface area (Å²) in [4.78, 5) is 22.7. The maximum atomic E-state index is 11.8. The van der Waals surface area contributed by atoms with Gasteiger partial charge in [-0.1, -0.05) is 11.6 Å². The molecule has 7 heteroatoms. The summed E-state index contributed by atoms with van der Waals surface area (Å²) in [7, 11) is 0. The van der Waals surface area contributed by atoms with Crippen molar-refractivity contribution in [1.82, 2.24) is 5.32 Å². The number of halogens is 1. The van der Waals surface area contributed by atoms with E-state index in [1.165, 1.54) is 11.8 Å². The number of nitrogens with one attached hydrogen (secondary N) is 1. The van der Waals surface area contributed by atoms with Crippen LogP contribution in [-0.4, -0.2) is 36.5 Å². The Morgan fingerprint density at radius 3 is 2.45 bits per heavy atom. The Labute approximate surface area is 139 Å². The molecule has 0 spiro atoms. The summed E-state index contributed by atoms with van der Waals surface area (Å²) in [6.45, 7) is 3.43. The third kappa shape index (κ3) is 5.77. The number of hydrogen-bond donors (Lipinski definition) is 1. The zero-order valence-electron chi connectivity index (χ0n) is 12.8. The van der Waals surface area contributed by atoms with Crippen LogP contribution in [0.25, 0.3) is 0 Å². The first-order valence-electron chi connectivity index (χ1n) is 6.73. The Morgan fingerprint density at radius 2 is 1.95 bits per heavy atom. The summed E-state index contributed by atoms with van der Waals surface area (Å²) in [6, 6.07) is 2.45. The summed E-state index contributed by atoms with van der Waals surface area (Å²) < 4.78 is 5.38. The van der Waals surface area contributed by atoms with Gasteiger partial charge in [-0.3, -0.25) is 4.79 Å². The number of carboxylic acid groups (broad SMARTS) is 1. The molecule has 1 aromatic rings. The van der Waals surface area contributed by atoms with Gasteiger partial charge in [0.2, 0.25) is 0 Å². The van der Waals surface area contributed by atoms with E-state index in [1.807, 2.05) is 20.1 Å². The summed E-state index contributed by atoms with van der Waals surface area (Å²) in [5, 5.41) is 14.0. The minimum atomic E-state index is -1.29. The molecular weight excluding hydrogens is 326 g/mol. The molecule has 122 valence electrons. The van der Waals surface area contributed by atoms with Gasteiger partial charge in [-0.2, -0.15) is 11.8 Å². The maximum absolute atomic E-state index is 11.8. The number of amides is 1. The van der Waals surface area contributed by atoms with Gasteiger partial charge in [-0.25, -0.2) is 0 Å². The van der Waals surface area contributed by atoms with E-state index in [0.717, 1.165) is 11.1 Å². The number of aryl methyl sites for hydroxylation is 2. The fourth-order valence-electron chi connectivity index (χ4n) is 1.86. The summed E-state index contributed by atoms with van der Waals surface area (Å²) in [5.41, 5.74) is 1.70. The Bertz CT molecular complexity index is 527. The van der Waals surface area contributed by atoms with Crippen molar-refractivity contribution in [3.05, 3.63) is 28.3 Å². The monoisotopic (exact) mass is 344 g/mol. The molecule has 0 saturated carbocycles. The van der Waals surface area contributed by atoms with E-state index < -0.39 is 17.9 Å². The summed E-state index contributed by atoms with van der Waals surface area (Å²) in [6.07, 6.45) is 2.18. The van der Waals surface area contributed by atoms with Crippen LogP contribution in [0.3, 0.4) is 0 Å². The van der Waals surface area contributed by atoms with Crippen molar-refractivity contribution in [2.45, 2.75) is 26.3 Å². The minimum Gasteiger partial charge on any atom is -0.548 e. The second-order valence-corrected chi connectivity index (χ2v) is 6.24. The van der Waals surface area contributed by atoms with Gasteiger partial charge in [0.15, 0.2) is 6.61 Å². The summed E-state index contributed by atoms with van der Waals surface area (Å²) in [5.74, 6) is -0.653. The van der Waals surface area contributed by atoms with Crippen LogP contribution in [0.15, 0.2) is 12.1 Å². The first kappa shape index (κ1) is 18.6. The molecule has 1 aromatic carbocycles. The molecule has 0 aliphatic rings. The molecule has 1 atom stereocenters. The number of carbonyl (C=O) groups is 2. The normalized spacial score (nSPS) is 11.8. The molecule has 1 amide bonds. The molecule has 0 bridgehead atoms. The van der Waals surface area contributed by atoms with Gasteiger partial charge in [-0.15, -0.1) is 0 Å². The molecule has 0 aliphatic carbocycles. The molecule has 0 aromatic heterocycles. The van der Waals surface area contributed by atoms with Gasteiger partial charge in [0.1, 0.15) is 5.75 Å². The number of carboxylic acids is 1. The zero-order valence-corrected chi connectivity index (χ0v) is 14.3. The molecule has 0 saturated heterocycles. The van der Waals surface area contributed by atoms with Crippen LogP contribution < -0.4 is 15.2 Å². The molecule has 22 heavy (non-hydrogen) atoms. The Balaban J connectivity index is 2.56. The molecule has 0 heterocycles. The number of hydrogen-bond acceptors (Lipinski definition) is 5. The van der Waals surface area contributed by atoms with Crippen molar-refractivity contribution >= 4 is 35.2 Å². The standard InChI is InChI=1S/C15H20ClNO4S/c1-9-6-11(7-10(2)14(9)16)21-8-13(18)17-12(15(19)20)4-5-22-3/h6-7,12H,4-5,8H2,1-3H3,(H,17,18)(H,19,20)/p-1/t12-/m0/s1. The topological polar surface area (TPSA) is 78.5 Å². The maximum Gasteiger partial charge on any atom is 0.258 e. The fourth-order valence-corrected chi connectivity index (χ4v) is 2.44. The van der Waals surface area contributed by atoms with E-state index >= 15 is 0 Å². The zero-order chi connectivity index (χ0) is 16.7. The van der Waals surface area contributed by atoms with Crippen molar-refractivity contribution in [3.8, 4) is 5.75 Å². The van der Waals surface area contributed by atoms with Crippen molar-refractivity contribution in [1.29, 1.82) is 0 Å². The molecule has 1 N–H and O–H groups in total. The largest absolute Gasteiger partial charge is 0.548 e. The highest BCUT2D eigenvalue weighted by Gasteiger charge is 2.14. The third-order valence-corrected chi connectivity index (χ3v) is 4.25. The first-order valence-corrected chi connectivity index (χ1v) is 8.51.